The summed E-state index contributed by atoms with van der Waals surface area (Å²) in [7, 11) is 2.06. The summed E-state index contributed by atoms with van der Waals surface area (Å²) >= 11 is 0. The first kappa shape index (κ1) is 10.4. The molecule has 0 radical (unpaired) electrons. The molecule has 0 spiro atoms. The Hall–Kier alpha value is -0.650. The third kappa shape index (κ3) is 2.65. The molecule has 0 aromatic carbocycles. The molecule has 1 aliphatic rings. The van der Waals surface area contributed by atoms with Crippen molar-refractivity contribution in [1.82, 2.24) is 15.3 Å². The quantitative estimate of drug-likeness (QED) is 0.436. The normalized spacial score (nSPS) is 22.7. The van der Waals surface area contributed by atoms with Crippen LogP contribution in [0.2, 0.25) is 0 Å². The van der Waals surface area contributed by atoms with Gasteiger partial charge in [-0.3, -0.25) is 14.9 Å². The Morgan fingerprint density at radius 3 is 2.38 bits per heavy atom. The van der Waals surface area contributed by atoms with Gasteiger partial charge in [-0.15, -0.1) is 0 Å². The molecule has 76 valence electrons. The summed E-state index contributed by atoms with van der Waals surface area (Å²) in [4.78, 5) is 15.4. The van der Waals surface area contributed by atoms with E-state index in [9.17, 15) is 4.79 Å². The fourth-order valence-corrected chi connectivity index (χ4v) is 1.47. The summed E-state index contributed by atoms with van der Waals surface area (Å²) in [5.41, 5.74) is 1.68. The summed E-state index contributed by atoms with van der Waals surface area (Å²) in [6.45, 7) is 5.51. The lowest BCUT2D eigenvalue weighted by atomic mass is 10.2. The molecule has 1 atom stereocenters. The van der Waals surface area contributed by atoms with Crippen molar-refractivity contribution in [3.8, 4) is 0 Å². The van der Waals surface area contributed by atoms with Gasteiger partial charge in [0.1, 0.15) is 0 Å². The SMILES string of the molecule is CC(C(=O)NO)N1CCN(C)CC1. The summed E-state index contributed by atoms with van der Waals surface area (Å²) in [5.74, 6) is -0.329. The second-order valence-corrected chi connectivity index (χ2v) is 3.49. The number of nitrogens with zero attached hydrogens (tertiary/aromatic N) is 2. The molecule has 0 aliphatic carbocycles. The van der Waals surface area contributed by atoms with E-state index in [-0.39, 0.29) is 11.9 Å². The van der Waals surface area contributed by atoms with E-state index < -0.39 is 0 Å². The second kappa shape index (κ2) is 4.55. The highest BCUT2D eigenvalue weighted by Gasteiger charge is 2.23. The third-order valence-electron chi connectivity index (χ3n) is 2.58. The van der Waals surface area contributed by atoms with Crippen LogP contribution in [0.15, 0.2) is 0 Å². The topological polar surface area (TPSA) is 55.8 Å². The Morgan fingerprint density at radius 2 is 1.92 bits per heavy atom. The van der Waals surface area contributed by atoms with E-state index in [1.807, 2.05) is 0 Å². The van der Waals surface area contributed by atoms with Crippen LogP contribution in [-0.4, -0.2) is 60.2 Å². The van der Waals surface area contributed by atoms with E-state index in [0.29, 0.717) is 0 Å². The molecule has 0 bridgehead atoms. The van der Waals surface area contributed by atoms with Crippen molar-refractivity contribution in [1.29, 1.82) is 0 Å². The van der Waals surface area contributed by atoms with Gasteiger partial charge in [0.15, 0.2) is 0 Å². The Labute approximate surface area is 78.3 Å². The molecule has 5 heteroatoms. The van der Waals surface area contributed by atoms with Gasteiger partial charge >= 0.3 is 0 Å². The Bertz CT molecular complexity index is 178. The largest absolute Gasteiger partial charge is 0.304 e. The number of rotatable bonds is 2. The predicted octanol–water partition coefficient (Wildman–Crippen LogP) is -0.872. The van der Waals surface area contributed by atoms with Crippen LogP contribution in [0.3, 0.4) is 0 Å². The maximum Gasteiger partial charge on any atom is 0.260 e. The standard InChI is InChI=1S/C8H17N3O2/c1-7(8(12)9-13)11-5-3-10(2)4-6-11/h7,13H,3-6H2,1-2H3,(H,9,12). The van der Waals surface area contributed by atoms with E-state index in [4.69, 9.17) is 5.21 Å². The third-order valence-corrected chi connectivity index (χ3v) is 2.58. The van der Waals surface area contributed by atoms with Crippen molar-refractivity contribution in [2.75, 3.05) is 33.2 Å². The highest BCUT2D eigenvalue weighted by atomic mass is 16.5. The number of hydrogen-bond donors (Lipinski definition) is 2. The Kier molecular flexibility index (Phi) is 3.65. The number of hydroxylamine groups is 1. The van der Waals surface area contributed by atoms with E-state index in [1.165, 1.54) is 0 Å². The van der Waals surface area contributed by atoms with Crippen molar-refractivity contribution in [3.05, 3.63) is 0 Å². The van der Waals surface area contributed by atoms with E-state index >= 15 is 0 Å². The molecule has 0 aromatic rings. The van der Waals surface area contributed by atoms with Crippen LogP contribution in [0, 0.1) is 0 Å². The monoisotopic (exact) mass is 187 g/mol. The minimum absolute atomic E-state index is 0.237. The zero-order chi connectivity index (χ0) is 9.84. The first-order valence-corrected chi connectivity index (χ1v) is 4.51. The van der Waals surface area contributed by atoms with Crippen molar-refractivity contribution in [2.24, 2.45) is 0 Å². The lowest BCUT2D eigenvalue weighted by Crippen LogP contribution is -2.52. The summed E-state index contributed by atoms with van der Waals surface area (Å²) in [6, 6.07) is -0.237. The first-order chi connectivity index (χ1) is 6.15. The predicted molar refractivity (Wildman–Crippen MR) is 48.5 cm³/mol. The van der Waals surface area contributed by atoms with Gasteiger partial charge in [0.2, 0.25) is 0 Å². The molecule has 0 saturated carbocycles. The highest BCUT2D eigenvalue weighted by Crippen LogP contribution is 2.04. The highest BCUT2D eigenvalue weighted by molar-refractivity contribution is 5.80. The van der Waals surface area contributed by atoms with Crippen molar-refractivity contribution >= 4 is 5.91 Å². The molecule has 13 heavy (non-hydrogen) atoms. The number of carbonyl (C=O) groups excluding carboxylic acids is 1. The van der Waals surface area contributed by atoms with E-state index in [0.717, 1.165) is 26.2 Å². The van der Waals surface area contributed by atoms with Crippen LogP contribution in [0.1, 0.15) is 6.92 Å². The molecule has 5 nitrogen and oxygen atoms in total. The molecule has 1 rings (SSSR count). The molecule has 2 N–H and O–H groups in total. The minimum Gasteiger partial charge on any atom is -0.304 e. The van der Waals surface area contributed by atoms with Crippen molar-refractivity contribution in [3.63, 3.8) is 0 Å². The van der Waals surface area contributed by atoms with Gasteiger partial charge in [-0.2, -0.15) is 0 Å². The van der Waals surface area contributed by atoms with Gasteiger partial charge in [0.25, 0.3) is 5.91 Å². The van der Waals surface area contributed by atoms with Crippen LogP contribution in [0.25, 0.3) is 0 Å². The molecule has 1 fully saturated rings. The summed E-state index contributed by atoms with van der Waals surface area (Å²) in [6.07, 6.45) is 0. The summed E-state index contributed by atoms with van der Waals surface area (Å²) < 4.78 is 0. The fourth-order valence-electron chi connectivity index (χ4n) is 1.47. The van der Waals surface area contributed by atoms with Gasteiger partial charge < -0.3 is 4.90 Å². The van der Waals surface area contributed by atoms with Crippen LogP contribution < -0.4 is 5.48 Å². The molecule has 1 heterocycles. The smallest absolute Gasteiger partial charge is 0.260 e. The maximum atomic E-state index is 11.1. The molecule has 1 unspecified atom stereocenters. The van der Waals surface area contributed by atoms with Crippen molar-refractivity contribution < 1.29 is 10.0 Å². The number of piperazine rings is 1. The maximum absolute atomic E-state index is 11.1. The average Bonchev–Trinajstić information content (AvgIpc) is 2.17. The zero-order valence-electron chi connectivity index (χ0n) is 8.16. The van der Waals surface area contributed by atoms with Crippen molar-refractivity contribution in [2.45, 2.75) is 13.0 Å². The number of carbonyl (C=O) groups is 1. The second-order valence-electron chi connectivity index (χ2n) is 3.49. The fraction of sp³-hybridized carbons (Fsp3) is 0.875. The average molecular weight is 187 g/mol. The Morgan fingerprint density at radius 1 is 1.38 bits per heavy atom. The minimum atomic E-state index is -0.329. The zero-order valence-corrected chi connectivity index (χ0v) is 8.16. The van der Waals surface area contributed by atoms with Gasteiger partial charge in [-0.1, -0.05) is 0 Å². The van der Waals surface area contributed by atoms with E-state index in [1.54, 1.807) is 12.4 Å². The van der Waals surface area contributed by atoms with E-state index in [2.05, 4.69) is 16.8 Å². The van der Waals surface area contributed by atoms with Crippen LogP contribution in [0.5, 0.6) is 0 Å². The molecule has 0 aromatic heterocycles. The van der Waals surface area contributed by atoms with Crippen LogP contribution in [0.4, 0.5) is 0 Å². The van der Waals surface area contributed by atoms with Gasteiger partial charge in [-0.25, -0.2) is 5.48 Å². The first-order valence-electron chi connectivity index (χ1n) is 4.51. The lowest BCUT2D eigenvalue weighted by molar-refractivity contribution is -0.134. The molecule has 1 aliphatic heterocycles. The number of hydrogen-bond acceptors (Lipinski definition) is 4. The number of amides is 1. The molecule has 1 amide bonds. The van der Waals surface area contributed by atoms with Crippen LogP contribution in [-0.2, 0) is 4.79 Å². The van der Waals surface area contributed by atoms with Gasteiger partial charge in [0.05, 0.1) is 6.04 Å². The number of nitrogens with one attached hydrogen (secondary N) is 1. The van der Waals surface area contributed by atoms with Gasteiger partial charge in [-0.05, 0) is 14.0 Å². The van der Waals surface area contributed by atoms with Gasteiger partial charge in [0, 0.05) is 26.2 Å². The molecular weight excluding hydrogens is 170 g/mol. The number of likely N-dealkylation sites (N-methyl/N-ethyl adjacent to an activating group) is 1. The lowest BCUT2D eigenvalue weighted by Gasteiger charge is -2.35. The molecule has 1 saturated heterocycles. The summed E-state index contributed by atoms with van der Waals surface area (Å²) in [5, 5.41) is 8.45. The Balaban J connectivity index is 2.39. The molecular formula is C8H17N3O2. The van der Waals surface area contributed by atoms with Crippen LogP contribution >= 0.6 is 0 Å².